The lowest BCUT2D eigenvalue weighted by atomic mass is 10.1. The molecular formula is C14H10N2O2S. The molecule has 2 aromatic carbocycles. The van der Waals surface area contributed by atoms with Crippen LogP contribution in [0, 0.1) is 11.3 Å². The van der Waals surface area contributed by atoms with Gasteiger partial charge in [0.05, 0.1) is 7.11 Å². The van der Waals surface area contributed by atoms with Crippen LogP contribution in [-0.2, 0) is 9.53 Å². The number of carbonyl (C=O) groups excluding carboxylic acids is 1. The summed E-state index contributed by atoms with van der Waals surface area (Å²) in [6.45, 7) is 0. The Kier molecular flexibility index (Phi) is 4.16. The van der Waals surface area contributed by atoms with E-state index in [0.717, 1.165) is 27.6 Å². The molecule has 2 aromatic rings. The summed E-state index contributed by atoms with van der Waals surface area (Å²) in [6, 6.07) is 15.4. The average molecular weight is 270 g/mol. The van der Waals surface area contributed by atoms with Gasteiger partial charge in [0.2, 0.25) is 5.71 Å². The molecule has 0 N–H and O–H groups in total. The van der Waals surface area contributed by atoms with Gasteiger partial charge in [0.25, 0.3) is 0 Å². The van der Waals surface area contributed by atoms with Crippen molar-refractivity contribution in [3.63, 3.8) is 0 Å². The normalized spacial score (nSPS) is 11.1. The molecule has 0 amide bonds. The van der Waals surface area contributed by atoms with Gasteiger partial charge >= 0.3 is 5.97 Å². The fourth-order valence-corrected chi connectivity index (χ4v) is 2.30. The summed E-state index contributed by atoms with van der Waals surface area (Å²) in [6.07, 6.45) is 0. The number of nitrogens with zero attached hydrogens (tertiary/aromatic N) is 2. The topological polar surface area (TPSA) is 62.5 Å². The van der Waals surface area contributed by atoms with Crippen molar-refractivity contribution in [1.29, 1.82) is 5.26 Å². The van der Waals surface area contributed by atoms with Crippen LogP contribution < -0.4 is 0 Å². The lowest BCUT2D eigenvalue weighted by Crippen LogP contribution is -2.12. The van der Waals surface area contributed by atoms with E-state index in [9.17, 15) is 4.79 Å². The number of esters is 1. The van der Waals surface area contributed by atoms with Gasteiger partial charge in [0.1, 0.15) is 6.07 Å². The van der Waals surface area contributed by atoms with Crippen molar-refractivity contribution in [2.45, 2.75) is 4.90 Å². The third-order valence-electron chi connectivity index (χ3n) is 2.47. The third kappa shape index (κ3) is 2.92. The van der Waals surface area contributed by atoms with E-state index < -0.39 is 5.97 Å². The van der Waals surface area contributed by atoms with Gasteiger partial charge in [0, 0.05) is 16.8 Å². The van der Waals surface area contributed by atoms with Crippen LogP contribution >= 0.6 is 11.9 Å². The third-order valence-corrected chi connectivity index (χ3v) is 3.30. The lowest BCUT2D eigenvalue weighted by Gasteiger charge is -2.02. The molecule has 0 bridgehead atoms. The minimum Gasteiger partial charge on any atom is -0.464 e. The van der Waals surface area contributed by atoms with Crippen molar-refractivity contribution >= 4 is 34.4 Å². The minimum atomic E-state index is -0.727. The molecule has 0 fully saturated rings. The maximum Gasteiger partial charge on any atom is 0.368 e. The predicted octanol–water partition coefficient (Wildman–Crippen LogP) is 2.98. The highest BCUT2D eigenvalue weighted by Crippen LogP contribution is 2.28. The maximum atomic E-state index is 11.2. The smallest absolute Gasteiger partial charge is 0.368 e. The Morgan fingerprint density at radius 1 is 1.26 bits per heavy atom. The largest absolute Gasteiger partial charge is 0.464 e. The molecule has 0 saturated heterocycles. The van der Waals surface area contributed by atoms with E-state index in [0.29, 0.717) is 0 Å². The fourth-order valence-electron chi connectivity index (χ4n) is 1.57. The number of hydrogen-bond acceptors (Lipinski definition) is 5. The van der Waals surface area contributed by atoms with Gasteiger partial charge in [0.15, 0.2) is 0 Å². The van der Waals surface area contributed by atoms with Crippen LogP contribution in [0.2, 0.25) is 0 Å². The van der Waals surface area contributed by atoms with E-state index in [1.807, 2.05) is 42.5 Å². The van der Waals surface area contributed by atoms with E-state index in [4.69, 9.17) is 5.26 Å². The zero-order valence-electron chi connectivity index (χ0n) is 10.2. The van der Waals surface area contributed by atoms with Gasteiger partial charge < -0.3 is 4.74 Å². The molecule has 19 heavy (non-hydrogen) atoms. The van der Waals surface area contributed by atoms with Crippen LogP contribution in [0.4, 0.5) is 0 Å². The number of hydrogen-bond donors (Lipinski definition) is 0. The molecule has 0 aromatic heterocycles. The number of methoxy groups -OCH3 is 1. The quantitative estimate of drug-likeness (QED) is 0.488. The molecule has 0 spiro atoms. The highest BCUT2D eigenvalue weighted by Gasteiger charge is 2.11. The van der Waals surface area contributed by atoms with E-state index in [2.05, 4.69) is 9.13 Å². The van der Waals surface area contributed by atoms with Gasteiger partial charge in [-0.05, 0) is 16.8 Å². The fraction of sp³-hybridized carbons (Fsp3) is 0.0714. The molecule has 0 radical (unpaired) electrons. The number of benzene rings is 2. The van der Waals surface area contributed by atoms with Gasteiger partial charge in [-0.2, -0.15) is 9.66 Å². The number of rotatable bonds is 3. The van der Waals surface area contributed by atoms with Crippen LogP contribution in [0.25, 0.3) is 10.8 Å². The van der Waals surface area contributed by atoms with Crippen LogP contribution in [0.15, 0.2) is 51.8 Å². The van der Waals surface area contributed by atoms with Crippen molar-refractivity contribution in [3.8, 4) is 6.07 Å². The van der Waals surface area contributed by atoms with E-state index in [1.165, 1.54) is 7.11 Å². The molecule has 0 unspecified atom stereocenters. The first-order valence-corrected chi connectivity index (χ1v) is 6.25. The van der Waals surface area contributed by atoms with E-state index in [-0.39, 0.29) is 5.71 Å². The minimum absolute atomic E-state index is 0.250. The molecule has 4 nitrogen and oxygen atoms in total. The Balaban J connectivity index is 2.34. The summed E-state index contributed by atoms with van der Waals surface area (Å²) in [5, 5.41) is 10.9. The first-order chi connectivity index (χ1) is 9.26. The summed E-state index contributed by atoms with van der Waals surface area (Å²) < 4.78 is 8.40. The number of carbonyl (C=O) groups is 1. The first-order valence-electron chi connectivity index (χ1n) is 5.47. The highest BCUT2D eigenvalue weighted by atomic mass is 32.2. The average Bonchev–Trinajstić information content (AvgIpc) is 2.47. The molecule has 94 valence electrons. The number of nitriles is 1. The summed E-state index contributed by atoms with van der Waals surface area (Å²) >= 11 is 1.09. The Morgan fingerprint density at radius 3 is 2.74 bits per heavy atom. The zero-order chi connectivity index (χ0) is 13.7. The van der Waals surface area contributed by atoms with Gasteiger partial charge in [-0.15, -0.1) is 0 Å². The molecule has 0 saturated carbocycles. The molecule has 0 aliphatic rings. The van der Waals surface area contributed by atoms with Crippen molar-refractivity contribution in [3.05, 3.63) is 42.5 Å². The Bertz CT molecular complexity index is 684. The van der Waals surface area contributed by atoms with Gasteiger partial charge in [-0.25, -0.2) is 4.79 Å². The van der Waals surface area contributed by atoms with E-state index >= 15 is 0 Å². The summed E-state index contributed by atoms with van der Waals surface area (Å²) in [4.78, 5) is 12.1. The highest BCUT2D eigenvalue weighted by molar-refractivity contribution is 7.98. The molecule has 0 atom stereocenters. The van der Waals surface area contributed by atoms with Crippen molar-refractivity contribution in [2.75, 3.05) is 7.11 Å². The van der Waals surface area contributed by atoms with Crippen molar-refractivity contribution in [2.24, 2.45) is 4.40 Å². The van der Waals surface area contributed by atoms with Crippen LogP contribution in [0.3, 0.4) is 0 Å². The molecule has 0 aliphatic carbocycles. The second kappa shape index (κ2) is 6.03. The number of ether oxygens (including phenoxy) is 1. The van der Waals surface area contributed by atoms with Crippen LogP contribution in [0.1, 0.15) is 0 Å². The monoisotopic (exact) mass is 270 g/mol. The maximum absolute atomic E-state index is 11.2. The van der Waals surface area contributed by atoms with E-state index in [1.54, 1.807) is 6.07 Å². The molecule has 5 heteroatoms. The molecule has 0 aliphatic heterocycles. The number of fused-ring (bicyclic) bond motifs is 1. The lowest BCUT2D eigenvalue weighted by molar-refractivity contribution is -0.132. The van der Waals surface area contributed by atoms with Gasteiger partial charge in [-0.1, -0.05) is 36.4 Å². The summed E-state index contributed by atoms with van der Waals surface area (Å²) in [5.41, 5.74) is -0.250. The summed E-state index contributed by atoms with van der Waals surface area (Å²) in [7, 11) is 1.22. The Hall–Kier alpha value is -2.32. The second-order valence-electron chi connectivity index (χ2n) is 3.61. The van der Waals surface area contributed by atoms with Crippen molar-refractivity contribution in [1.82, 2.24) is 0 Å². The Labute approximate surface area is 114 Å². The predicted molar refractivity (Wildman–Crippen MR) is 74.9 cm³/mol. The summed E-state index contributed by atoms with van der Waals surface area (Å²) in [5.74, 6) is -0.727. The SMILES string of the molecule is COC(=O)/C(C#N)=N/Sc1cccc2ccccc12. The molecule has 2 rings (SSSR count). The molecular weight excluding hydrogens is 260 g/mol. The second-order valence-corrected chi connectivity index (χ2v) is 4.42. The van der Waals surface area contributed by atoms with Crippen LogP contribution in [0.5, 0.6) is 0 Å². The van der Waals surface area contributed by atoms with Crippen molar-refractivity contribution < 1.29 is 9.53 Å². The first kappa shape index (κ1) is 13.1. The standard InChI is InChI=1S/C14H10N2O2S/c1-18-14(17)12(9-15)16-19-13-8-4-6-10-5-2-3-7-11(10)13/h2-8H,1H3/b16-12+. The Morgan fingerprint density at radius 2 is 2.00 bits per heavy atom. The van der Waals surface area contributed by atoms with Crippen LogP contribution in [-0.4, -0.2) is 18.8 Å². The van der Waals surface area contributed by atoms with Gasteiger partial charge in [-0.3, -0.25) is 0 Å². The zero-order valence-corrected chi connectivity index (χ0v) is 11.0. The molecule has 0 heterocycles.